The number of halogens is 1. The van der Waals surface area contributed by atoms with Gasteiger partial charge in [0.15, 0.2) is 0 Å². The number of hydrogen-bond donors (Lipinski definition) is 1. The Labute approximate surface area is 191 Å². The number of carbonyl (C=O) groups excluding carboxylic acids is 1. The molecule has 32 heavy (non-hydrogen) atoms. The molecule has 0 spiro atoms. The zero-order chi connectivity index (χ0) is 22.6. The molecule has 1 saturated heterocycles. The van der Waals surface area contributed by atoms with Crippen LogP contribution >= 0.6 is 11.6 Å². The van der Waals surface area contributed by atoms with Gasteiger partial charge in [-0.1, -0.05) is 47.0 Å². The summed E-state index contributed by atoms with van der Waals surface area (Å²) in [6, 6.07) is 16.1. The van der Waals surface area contributed by atoms with Gasteiger partial charge in [0.05, 0.1) is 0 Å². The van der Waals surface area contributed by atoms with E-state index < -0.39 is 10.0 Å². The molecule has 0 saturated carbocycles. The molecule has 1 fully saturated rings. The van der Waals surface area contributed by atoms with Gasteiger partial charge in [0.2, 0.25) is 21.8 Å². The number of amides is 1. The van der Waals surface area contributed by atoms with E-state index in [4.69, 9.17) is 16.0 Å². The first kappa shape index (κ1) is 22.2. The van der Waals surface area contributed by atoms with Crippen molar-refractivity contribution in [3.63, 3.8) is 0 Å². The Kier molecular flexibility index (Phi) is 6.69. The van der Waals surface area contributed by atoms with Crippen LogP contribution in [0.3, 0.4) is 0 Å². The summed E-state index contributed by atoms with van der Waals surface area (Å²) in [5, 5.41) is 12.2. The molecular formula is C22H21ClN4O4S. The first-order valence-corrected chi connectivity index (χ1v) is 11.9. The van der Waals surface area contributed by atoms with Crippen molar-refractivity contribution < 1.29 is 17.6 Å². The molecule has 166 valence electrons. The van der Waals surface area contributed by atoms with Gasteiger partial charge in [0.1, 0.15) is 0 Å². The smallest absolute Gasteiger partial charge is 0.322 e. The van der Waals surface area contributed by atoms with Crippen LogP contribution in [0.2, 0.25) is 5.02 Å². The quantitative estimate of drug-likeness (QED) is 0.580. The maximum Gasteiger partial charge on any atom is 0.322 e. The van der Waals surface area contributed by atoms with Crippen LogP contribution in [0.15, 0.2) is 64.4 Å². The fraction of sp³-hybridized carbons (Fsp3) is 0.227. The van der Waals surface area contributed by atoms with E-state index in [9.17, 15) is 13.2 Å². The minimum absolute atomic E-state index is 0.000737. The zero-order valence-corrected chi connectivity index (χ0v) is 18.6. The number of carbonyl (C=O) groups is 1. The number of sulfonamides is 1. The van der Waals surface area contributed by atoms with Gasteiger partial charge >= 0.3 is 6.01 Å². The number of anilines is 1. The standard InChI is InChI=1S/C22H21ClN4O4S/c23-19-8-6-18(7-9-19)21-25-26-22(31-21)24-20(28)17-10-13-27(14-11-17)32(29,30)15-12-16-4-2-1-3-5-16/h1-9,12,15,17H,10-11,13-14H2,(H,24,26,28)/b15-12+. The summed E-state index contributed by atoms with van der Waals surface area (Å²) in [5.74, 6) is -0.346. The second-order valence-electron chi connectivity index (χ2n) is 7.34. The third-order valence-corrected chi connectivity index (χ3v) is 6.98. The lowest BCUT2D eigenvalue weighted by atomic mass is 9.97. The molecule has 0 radical (unpaired) electrons. The predicted molar refractivity (Wildman–Crippen MR) is 122 cm³/mol. The van der Waals surface area contributed by atoms with E-state index >= 15 is 0 Å². The molecule has 2 aromatic carbocycles. The molecule has 0 atom stereocenters. The van der Waals surface area contributed by atoms with E-state index in [0.717, 1.165) is 5.56 Å². The lowest BCUT2D eigenvalue weighted by Gasteiger charge is -2.29. The Morgan fingerprint density at radius 3 is 2.44 bits per heavy atom. The number of rotatable bonds is 6. The van der Waals surface area contributed by atoms with E-state index in [-0.39, 0.29) is 36.8 Å². The number of benzene rings is 2. The van der Waals surface area contributed by atoms with Crippen LogP contribution in [-0.2, 0) is 14.8 Å². The van der Waals surface area contributed by atoms with E-state index in [1.807, 2.05) is 30.3 Å². The summed E-state index contributed by atoms with van der Waals surface area (Å²) in [4.78, 5) is 12.6. The number of nitrogens with one attached hydrogen (secondary N) is 1. The normalized spacial score (nSPS) is 15.8. The van der Waals surface area contributed by atoms with Crippen molar-refractivity contribution in [2.24, 2.45) is 5.92 Å². The highest BCUT2D eigenvalue weighted by Crippen LogP contribution is 2.24. The third kappa shape index (κ3) is 5.42. The number of hydrogen-bond acceptors (Lipinski definition) is 6. The first-order chi connectivity index (χ1) is 15.4. The van der Waals surface area contributed by atoms with Crippen LogP contribution in [0.1, 0.15) is 18.4 Å². The highest BCUT2D eigenvalue weighted by molar-refractivity contribution is 7.92. The molecule has 1 N–H and O–H groups in total. The largest absolute Gasteiger partial charge is 0.403 e. The van der Waals surface area contributed by atoms with Crippen LogP contribution in [-0.4, -0.2) is 41.9 Å². The summed E-state index contributed by atoms with van der Waals surface area (Å²) in [5.41, 5.74) is 1.49. The highest BCUT2D eigenvalue weighted by Gasteiger charge is 2.30. The van der Waals surface area contributed by atoms with Crippen molar-refractivity contribution in [2.45, 2.75) is 12.8 Å². The maximum absolute atomic E-state index is 12.6. The molecular weight excluding hydrogens is 452 g/mol. The van der Waals surface area contributed by atoms with Crippen molar-refractivity contribution in [1.29, 1.82) is 0 Å². The van der Waals surface area contributed by atoms with Gasteiger partial charge in [0, 0.05) is 35.0 Å². The topological polar surface area (TPSA) is 105 Å². The third-order valence-electron chi connectivity index (χ3n) is 5.16. The average molecular weight is 473 g/mol. The van der Waals surface area contributed by atoms with E-state index in [0.29, 0.717) is 23.4 Å². The van der Waals surface area contributed by atoms with Gasteiger partial charge in [-0.2, -0.15) is 4.31 Å². The molecule has 10 heteroatoms. The SMILES string of the molecule is O=C(Nc1nnc(-c2ccc(Cl)cc2)o1)C1CCN(S(=O)(=O)/C=C/c2ccccc2)CC1. The molecule has 2 heterocycles. The van der Waals surface area contributed by atoms with Crippen molar-refractivity contribution in [3.8, 4) is 11.5 Å². The number of piperidine rings is 1. The monoisotopic (exact) mass is 472 g/mol. The van der Waals surface area contributed by atoms with E-state index in [1.54, 1.807) is 30.3 Å². The lowest BCUT2D eigenvalue weighted by Crippen LogP contribution is -2.40. The van der Waals surface area contributed by atoms with Gasteiger partial charge in [-0.15, -0.1) is 5.10 Å². The van der Waals surface area contributed by atoms with Crippen molar-refractivity contribution >= 4 is 39.6 Å². The molecule has 0 unspecified atom stereocenters. The van der Waals surface area contributed by atoms with Gasteiger partial charge in [-0.3, -0.25) is 10.1 Å². The molecule has 0 bridgehead atoms. The van der Waals surface area contributed by atoms with Crippen LogP contribution < -0.4 is 5.32 Å². The summed E-state index contributed by atoms with van der Waals surface area (Å²) in [7, 11) is -3.55. The average Bonchev–Trinajstić information content (AvgIpc) is 3.27. The second-order valence-corrected chi connectivity index (χ2v) is 9.60. The first-order valence-electron chi connectivity index (χ1n) is 10.0. The molecule has 1 amide bonds. The maximum atomic E-state index is 12.6. The highest BCUT2D eigenvalue weighted by atomic mass is 35.5. The van der Waals surface area contributed by atoms with Crippen LogP contribution in [0.5, 0.6) is 0 Å². The second kappa shape index (κ2) is 9.64. The predicted octanol–water partition coefficient (Wildman–Crippen LogP) is 4.04. The Morgan fingerprint density at radius 2 is 1.75 bits per heavy atom. The Bertz CT molecular complexity index is 1200. The molecule has 3 aromatic rings. The number of aromatic nitrogens is 2. The number of nitrogens with zero attached hydrogens (tertiary/aromatic N) is 3. The van der Waals surface area contributed by atoms with Crippen LogP contribution in [0.4, 0.5) is 6.01 Å². The van der Waals surface area contributed by atoms with E-state index in [2.05, 4.69) is 15.5 Å². The minimum Gasteiger partial charge on any atom is -0.403 e. The summed E-state index contributed by atoms with van der Waals surface area (Å²) < 4.78 is 32.1. The van der Waals surface area contributed by atoms with Crippen LogP contribution in [0.25, 0.3) is 17.5 Å². The van der Waals surface area contributed by atoms with Crippen molar-refractivity contribution in [3.05, 3.63) is 70.6 Å². The van der Waals surface area contributed by atoms with Gasteiger partial charge < -0.3 is 4.42 Å². The molecule has 1 aliphatic heterocycles. The fourth-order valence-electron chi connectivity index (χ4n) is 3.38. The zero-order valence-electron chi connectivity index (χ0n) is 17.0. The molecule has 1 aromatic heterocycles. The van der Waals surface area contributed by atoms with Crippen LogP contribution in [0, 0.1) is 5.92 Å². The molecule has 0 aliphatic carbocycles. The Balaban J connectivity index is 1.32. The van der Waals surface area contributed by atoms with E-state index in [1.165, 1.54) is 9.71 Å². The van der Waals surface area contributed by atoms with Gasteiger partial charge in [0.25, 0.3) is 0 Å². The molecule has 4 rings (SSSR count). The Hall–Kier alpha value is -3.01. The fourth-order valence-corrected chi connectivity index (χ4v) is 4.72. The summed E-state index contributed by atoms with van der Waals surface area (Å²) in [6.07, 6.45) is 2.38. The summed E-state index contributed by atoms with van der Waals surface area (Å²) in [6.45, 7) is 0.527. The van der Waals surface area contributed by atoms with Gasteiger partial charge in [-0.05, 0) is 48.7 Å². The van der Waals surface area contributed by atoms with Crippen molar-refractivity contribution in [1.82, 2.24) is 14.5 Å². The Morgan fingerprint density at radius 1 is 1.06 bits per heavy atom. The van der Waals surface area contributed by atoms with Gasteiger partial charge in [-0.25, -0.2) is 8.42 Å². The van der Waals surface area contributed by atoms with Crippen molar-refractivity contribution in [2.75, 3.05) is 18.4 Å². The lowest BCUT2D eigenvalue weighted by molar-refractivity contribution is -0.121. The minimum atomic E-state index is -3.55. The summed E-state index contributed by atoms with van der Waals surface area (Å²) >= 11 is 5.87. The molecule has 1 aliphatic rings. The molecule has 8 nitrogen and oxygen atoms in total.